The molecule has 0 aromatic rings. The lowest BCUT2D eigenvalue weighted by Gasteiger charge is -2.22. The molecule has 1 saturated heterocycles. The van der Waals surface area contributed by atoms with Crippen molar-refractivity contribution < 1.29 is 9.47 Å². The Hall–Kier alpha value is 0.270. The third kappa shape index (κ3) is 2.36. The Bertz CT molecular complexity index is 113. The summed E-state index contributed by atoms with van der Waals surface area (Å²) in [5.41, 5.74) is 0. The Morgan fingerprint density at radius 1 is 1.45 bits per heavy atom. The average molecular weight is 176 g/mol. The van der Waals surface area contributed by atoms with E-state index >= 15 is 0 Å². The molecule has 1 aliphatic heterocycles. The van der Waals surface area contributed by atoms with Crippen LogP contribution >= 0.6 is 12.6 Å². The van der Waals surface area contributed by atoms with Crippen LogP contribution in [0.2, 0.25) is 0 Å². The molecular weight excluding hydrogens is 160 g/mol. The van der Waals surface area contributed by atoms with E-state index in [9.17, 15) is 0 Å². The van der Waals surface area contributed by atoms with Crippen LogP contribution in [0.5, 0.6) is 0 Å². The first-order chi connectivity index (χ1) is 5.25. The summed E-state index contributed by atoms with van der Waals surface area (Å²) in [6.07, 6.45) is 1.05. The number of rotatable bonds is 3. The van der Waals surface area contributed by atoms with Crippen molar-refractivity contribution in [2.24, 2.45) is 5.92 Å². The van der Waals surface area contributed by atoms with Gasteiger partial charge in [0.05, 0.1) is 13.2 Å². The van der Waals surface area contributed by atoms with Crippen molar-refractivity contribution in [2.75, 3.05) is 13.2 Å². The molecule has 11 heavy (non-hydrogen) atoms. The van der Waals surface area contributed by atoms with Crippen molar-refractivity contribution in [3.8, 4) is 0 Å². The molecule has 2 unspecified atom stereocenters. The van der Waals surface area contributed by atoms with E-state index in [0.29, 0.717) is 11.2 Å². The topological polar surface area (TPSA) is 18.5 Å². The maximum absolute atomic E-state index is 5.37. The molecule has 0 amide bonds. The van der Waals surface area contributed by atoms with Gasteiger partial charge in [0, 0.05) is 11.2 Å². The molecule has 66 valence electrons. The van der Waals surface area contributed by atoms with Gasteiger partial charge in [-0.15, -0.1) is 0 Å². The first kappa shape index (κ1) is 9.36. The molecule has 1 heterocycles. The van der Waals surface area contributed by atoms with E-state index < -0.39 is 0 Å². The Morgan fingerprint density at radius 3 is 2.45 bits per heavy atom. The summed E-state index contributed by atoms with van der Waals surface area (Å²) in [7, 11) is 0. The second-order valence-corrected chi connectivity index (χ2v) is 3.61. The second kappa shape index (κ2) is 4.33. The maximum atomic E-state index is 5.37. The molecule has 0 radical (unpaired) electrons. The Labute approximate surface area is 73.7 Å². The molecule has 0 aromatic carbocycles. The summed E-state index contributed by atoms with van der Waals surface area (Å²) in [6, 6.07) is 0. The van der Waals surface area contributed by atoms with Crippen molar-refractivity contribution >= 4 is 12.6 Å². The highest BCUT2D eigenvalue weighted by Crippen LogP contribution is 2.22. The molecule has 0 N–H and O–H groups in total. The van der Waals surface area contributed by atoms with Crippen molar-refractivity contribution in [1.29, 1.82) is 0 Å². The van der Waals surface area contributed by atoms with Crippen LogP contribution in [0.25, 0.3) is 0 Å². The summed E-state index contributed by atoms with van der Waals surface area (Å²) in [6.45, 7) is 5.72. The van der Waals surface area contributed by atoms with Gasteiger partial charge in [0.2, 0.25) is 0 Å². The molecular formula is C8H16O2S. The van der Waals surface area contributed by atoms with E-state index in [2.05, 4.69) is 26.5 Å². The van der Waals surface area contributed by atoms with Crippen LogP contribution in [0.1, 0.15) is 20.3 Å². The Morgan fingerprint density at radius 2 is 2.00 bits per heavy atom. The predicted molar refractivity (Wildman–Crippen MR) is 47.9 cm³/mol. The second-order valence-electron chi connectivity index (χ2n) is 2.94. The van der Waals surface area contributed by atoms with Crippen LogP contribution in [-0.2, 0) is 9.47 Å². The van der Waals surface area contributed by atoms with Crippen molar-refractivity contribution in [1.82, 2.24) is 0 Å². The zero-order valence-corrected chi connectivity index (χ0v) is 8.01. The van der Waals surface area contributed by atoms with E-state index in [4.69, 9.17) is 9.47 Å². The van der Waals surface area contributed by atoms with Gasteiger partial charge in [0.15, 0.2) is 6.29 Å². The van der Waals surface area contributed by atoms with E-state index in [0.717, 1.165) is 19.6 Å². The molecule has 0 aliphatic carbocycles. The minimum Gasteiger partial charge on any atom is -0.350 e. The summed E-state index contributed by atoms with van der Waals surface area (Å²) in [5, 5.41) is 0.387. The molecule has 2 nitrogen and oxygen atoms in total. The van der Waals surface area contributed by atoms with Crippen LogP contribution in [-0.4, -0.2) is 24.8 Å². The van der Waals surface area contributed by atoms with Gasteiger partial charge in [0.25, 0.3) is 0 Å². The Kier molecular flexibility index (Phi) is 3.69. The lowest BCUT2D eigenvalue weighted by Crippen LogP contribution is -2.26. The lowest BCUT2D eigenvalue weighted by atomic mass is 10.1. The summed E-state index contributed by atoms with van der Waals surface area (Å²) in [4.78, 5) is 0. The fourth-order valence-corrected chi connectivity index (χ4v) is 1.37. The number of hydrogen-bond acceptors (Lipinski definition) is 3. The highest BCUT2D eigenvalue weighted by molar-refractivity contribution is 7.81. The van der Waals surface area contributed by atoms with Gasteiger partial charge in [0.1, 0.15) is 0 Å². The molecule has 1 aliphatic rings. The maximum Gasteiger partial charge on any atom is 0.161 e. The third-order valence-corrected chi connectivity index (χ3v) is 2.94. The molecule has 0 spiro atoms. The van der Waals surface area contributed by atoms with Gasteiger partial charge >= 0.3 is 0 Å². The fourth-order valence-electron chi connectivity index (χ4n) is 1.23. The summed E-state index contributed by atoms with van der Waals surface area (Å²) >= 11 is 4.44. The predicted octanol–water partition coefficient (Wildman–Crippen LogP) is 1.70. The summed E-state index contributed by atoms with van der Waals surface area (Å²) in [5.74, 6) is 0.394. The fraction of sp³-hybridized carbons (Fsp3) is 1.00. The molecule has 0 bridgehead atoms. The first-order valence-corrected chi connectivity index (χ1v) is 4.68. The normalized spacial score (nSPS) is 25.4. The van der Waals surface area contributed by atoms with Crippen molar-refractivity contribution in [2.45, 2.75) is 31.8 Å². The highest BCUT2D eigenvalue weighted by atomic mass is 32.1. The molecule has 0 saturated carbocycles. The molecule has 1 rings (SSSR count). The average Bonchev–Trinajstić information content (AvgIpc) is 2.53. The molecule has 2 atom stereocenters. The monoisotopic (exact) mass is 176 g/mol. The van der Waals surface area contributed by atoms with Crippen LogP contribution in [0.3, 0.4) is 0 Å². The zero-order chi connectivity index (χ0) is 8.27. The van der Waals surface area contributed by atoms with Gasteiger partial charge < -0.3 is 9.47 Å². The quantitative estimate of drug-likeness (QED) is 0.660. The Balaban J connectivity index is 2.32. The largest absolute Gasteiger partial charge is 0.350 e. The minimum atomic E-state index is -0.0163. The van der Waals surface area contributed by atoms with E-state index in [1.54, 1.807) is 0 Å². The lowest BCUT2D eigenvalue weighted by molar-refractivity contribution is -0.0784. The van der Waals surface area contributed by atoms with Crippen LogP contribution in [0.4, 0.5) is 0 Å². The van der Waals surface area contributed by atoms with Crippen LogP contribution < -0.4 is 0 Å². The SMILES string of the molecule is CCC(S)C(C)C1OCCO1. The standard InChI is InChI=1S/C8H16O2S/c1-3-7(11)6(2)8-9-4-5-10-8/h6-8,11H,3-5H2,1-2H3. The van der Waals surface area contributed by atoms with E-state index in [-0.39, 0.29) is 6.29 Å². The van der Waals surface area contributed by atoms with Crippen LogP contribution in [0, 0.1) is 5.92 Å². The van der Waals surface area contributed by atoms with Crippen LogP contribution in [0.15, 0.2) is 0 Å². The zero-order valence-electron chi connectivity index (χ0n) is 7.12. The first-order valence-electron chi connectivity index (χ1n) is 4.17. The van der Waals surface area contributed by atoms with Gasteiger partial charge in [-0.05, 0) is 6.42 Å². The highest BCUT2D eigenvalue weighted by Gasteiger charge is 2.26. The van der Waals surface area contributed by atoms with E-state index in [1.807, 2.05) is 0 Å². The number of thiol groups is 1. The molecule has 1 fully saturated rings. The number of hydrogen-bond donors (Lipinski definition) is 1. The minimum absolute atomic E-state index is 0.0163. The van der Waals surface area contributed by atoms with Gasteiger partial charge in [-0.1, -0.05) is 13.8 Å². The molecule has 3 heteroatoms. The van der Waals surface area contributed by atoms with Gasteiger partial charge in [-0.2, -0.15) is 12.6 Å². The smallest absolute Gasteiger partial charge is 0.161 e. The van der Waals surface area contributed by atoms with Gasteiger partial charge in [-0.25, -0.2) is 0 Å². The number of ether oxygens (including phenoxy) is 2. The van der Waals surface area contributed by atoms with Crippen molar-refractivity contribution in [3.05, 3.63) is 0 Å². The van der Waals surface area contributed by atoms with Gasteiger partial charge in [-0.3, -0.25) is 0 Å². The summed E-state index contributed by atoms with van der Waals surface area (Å²) < 4.78 is 10.7. The van der Waals surface area contributed by atoms with E-state index in [1.165, 1.54) is 0 Å². The third-order valence-electron chi connectivity index (χ3n) is 2.10. The van der Waals surface area contributed by atoms with Crippen molar-refractivity contribution in [3.63, 3.8) is 0 Å². The molecule has 0 aromatic heterocycles.